The predicted octanol–water partition coefficient (Wildman–Crippen LogP) is 9.70. The van der Waals surface area contributed by atoms with Crippen LogP contribution in [0.2, 0.25) is 0 Å². The zero-order valence-electron chi connectivity index (χ0n) is 34.7. The number of rotatable bonds is 8. The van der Waals surface area contributed by atoms with Crippen molar-refractivity contribution in [2.24, 2.45) is 0 Å². The maximum Gasteiger partial charge on any atom is 0.291 e. The van der Waals surface area contributed by atoms with Crippen molar-refractivity contribution in [2.75, 3.05) is 45.3 Å². The van der Waals surface area contributed by atoms with Crippen LogP contribution in [0.25, 0.3) is 43.6 Å². The number of aromatic hydroxyl groups is 2. The monoisotopic (exact) mass is 908 g/mol. The summed E-state index contributed by atoms with van der Waals surface area (Å²) in [4.78, 5) is 70.4. The van der Waals surface area contributed by atoms with Gasteiger partial charge in [-0.1, -0.05) is 0 Å². The average Bonchev–Trinajstić information content (AvgIpc) is 4.16. The molecule has 4 amide bonds. The van der Waals surface area contributed by atoms with Crippen LogP contribution in [0.3, 0.4) is 0 Å². The number of hydrogen-bond donors (Lipinski definition) is 8. The second-order valence-corrected chi connectivity index (χ2v) is 17.3. The van der Waals surface area contributed by atoms with Crippen LogP contribution in [0.15, 0.2) is 89.6 Å². The van der Waals surface area contributed by atoms with Gasteiger partial charge in [0.1, 0.15) is 22.9 Å². The maximum absolute atomic E-state index is 14.0. The second kappa shape index (κ2) is 15.0. The van der Waals surface area contributed by atoms with E-state index in [1.165, 1.54) is 12.1 Å². The van der Waals surface area contributed by atoms with Crippen LogP contribution in [0.1, 0.15) is 76.2 Å². The van der Waals surface area contributed by atoms with Gasteiger partial charge in [0.2, 0.25) is 0 Å². The fourth-order valence-corrected chi connectivity index (χ4v) is 10.1. The second-order valence-electron chi connectivity index (χ2n) is 16.7. The first-order chi connectivity index (χ1) is 31.4. The lowest BCUT2D eigenvalue weighted by Crippen LogP contribution is -2.30. The van der Waals surface area contributed by atoms with Crippen molar-refractivity contribution >= 4 is 113 Å². The first-order valence-corrected chi connectivity index (χ1v) is 21.9. The van der Waals surface area contributed by atoms with Gasteiger partial charge in [0.15, 0.2) is 11.5 Å². The lowest BCUT2D eigenvalue weighted by molar-refractivity contribution is 0.0965. The van der Waals surface area contributed by atoms with E-state index in [0.717, 1.165) is 33.0 Å². The van der Waals surface area contributed by atoms with E-state index >= 15 is 0 Å². The van der Waals surface area contributed by atoms with E-state index in [0.29, 0.717) is 91.8 Å². The van der Waals surface area contributed by atoms with Gasteiger partial charge >= 0.3 is 0 Å². The average molecular weight is 910 g/mol. The molecule has 0 saturated carbocycles. The van der Waals surface area contributed by atoms with Gasteiger partial charge in [-0.2, -0.15) is 0 Å². The van der Waals surface area contributed by atoms with E-state index in [4.69, 9.17) is 27.6 Å². The van der Waals surface area contributed by atoms with Gasteiger partial charge in [0, 0.05) is 105 Å². The lowest BCUT2D eigenvalue weighted by atomic mass is 9.97. The standard InChI is InChI=1S/C48H38Cl2N8O7/c1-21-17-51-43-35(59)13-33-41(39(21)43)25(15-49)19-57(33)47(63)31-11-23-9-27(3-5-29(23)55-31)53-45(61)37-7-8-38(65-37)46(62)54-28-4-6-30-24(10-28)12-32(56-30)48(64)58-20-26(16-50)42-34(58)14-36(60)44-40(42)22(2)18-52-44/h3-14,17-18,25-26,51-52,55-56,59-60H,15-16,19-20H2,1-2H3,(H,53,61)(H,54,62)/t25-,26-/m0/s1. The van der Waals surface area contributed by atoms with Gasteiger partial charge in [0.25, 0.3) is 23.6 Å². The molecule has 0 fully saturated rings. The largest absolute Gasteiger partial charge is 0.506 e. The molecule has 0 aliphatic carbocycles. The molecule has 0 saturated heterocycles. The molecule has 326 valence electrons. The number of carbonyl (C=O) groups is 4. The van der Waals surface area contributed by atoms with Gasteiger partial charge < -0.3 is 55.0 Å². The summed E-state index contributed by atoms with van der Waals surface area (Å²) in [6.07, 6.45) is 3.65. The van der Waals surface area contributed by atoms with Crippen molar-refractivity contribution in [2.45, 2.75) is 25.7 Å². The number of H-pyrrole nitrogens is 4. The Morgan fingerprint density at radius 1 is 0.646 bits per heavy atom. The molecular weight excluding hydrogens is 871 g/mol. The maximum atomic E-state index is 14.0. The Labute approximate surface area is 378 Å². The third kappa shape index (κ3) is 6.40. The predicted molar refractivity (Wildman–Crippen MR) is 251 cm³/mol. The number of carbonyl (C=O) groups excluding carboxylic acids is 4. The number of fused-ring (bicyclic) bond motifs is 8. The van der Waals surface area contributed by atoms with Gasteiger partial charge in [0.05, 0.1) is 22.4 Å². The van der Waals surface area contributed by atoms with Gasteiger partial charge in [-0.3, -0.25) is 19.2 Å². The van der Waals surface area contributed by atoms with Crippen LogP contribution in [0.5, 0.6) is 11.5 Å². The highest BCUT2D eigenvalue weighted by Gasteiger charge is 2.38. The van der Waals surface area contributed by atoms with Crippen molar-refractivity contribution in [1.82, 2.24) is 19.9 Å². The van der Waals surface area contributed by atoms with Gasteiger partial charge in [-0.25, -0.2) is 0 Å². The minimum absolute atomic E-state index is 0.0464. The van der Waals surface area contributed by atoms with Crippen molar-refractivity contribution in [3.63, 3.8) is 0 Å². The first-order valence-electron chi connectivity index (χ1n) is 20.8. The molecule has 0 radical (unpaired) electrons. The number of anilines is 4. The summed E-state index contributed by atoms with van der Waals surface area (Å²) < 4.78 is 5.68. The molecule has 0 unspecified atom stereocenters. The molecule has 11 rings (SSSR count). The molecule has 2 atom stereocenters. The Morgan fingerprint density at radius 2 is 1.08 bits per heavy atom. The SMILES string of the molecule is Cc1c[nH]c2c(O)cc3c(c12)[C@@H](CCl)CN3C(=O)c1cc2cc(NC(=O)c3ccc(C(=O)Nc4ccc5[nH]c(C(=O)N6C[C@H](CCl)c7c6cc(O)c6[nH]cc(C)c76)cc5c4)o3)ccc2[nH]1. The summed E-state index contributed by atoms with van der Waals surface area (Å²) in [7, 11) is 0. The normalized spacial score (nSPS) is 15.7. The molecule has 15 nitrogen and oxygen atoms in total. The molecule has 17 heteroatoms. The molecule has 4 aromatic carbocycles. The number of phenolic OH excluding ortho intramolecular Hbond substituents is 2. The quantitative estimate of drug-likeness (QED) is 0.0690. The van der Waals surface area contributed by atoms with Gasteiger partial charge in [-0.15, -0.1) is 23.2 Å². The highest BCUT2D eigenvalue weighted by Crippen LogP contribution is 2.48. The van der Waals surface area contributed by atoms with Crippen molar-refractivity contribution in [3.8, 4) is 11.5 Å². The Morgan fingerprint density at radius 3 is 1.49 bits per heavy atom. The molecule has 0 spiro atoms. The number of phenols is 2. The minimum atomic E-state index is -0.589. The van der Waals surface area contributed by atoms with Crippen molar-refractivity contribution < 1.29 is 33.8 Å². The van der Waals surface area contributed by atoms with Crippen LogP contribution in [-0.4, -0.2) is 78.6 Å². The highest BCUT2D eigenvalue weighted by atomic mass is 35.5. The van der Waals surface area contributed by atoms with Gasteiger partial charge in [-0.05, 0) is 96.8 Å². The topological polar surface area (TPSA) is 216 Å². The number of halogens is 2. The Balaban J connectivity index is 0.764. The summed E-state index contributed by atoms with van der Waals surface area (Å²) in [6.45, 7) is 4.59. The van der Waals surface area contributed by atoms with E-state index < -0.39 is 11.8 Å². The number of nitrogens with zero attached hydrogens (tertiary/aromatic N) is 2. The number of aryl methyl sites for hydroxylation is 2. The molecule has 8 N–H and O–H groups in total. The molecule has 0 bridgehead atoms. The van der Waals surface area contributed by atoms with Crippen molar-refractivity contribution in [3.05, 3.63) is 130 Å². The highest BCUT2D eigenvalue weighted by molar-refractivity contribution is 6.20. The van der Waals surface area contributed by atoms with Crippen LogP contribution >= 0.6 is 23.2 Å². The zero-order valence-corrected chi connectivity index (χ0v) is 36.2. The third-order valence-corrected chi connectivity index (χ3v) is 13.4. The first kappa shape index (κ1) is 40.2. The third-order valence-electron chi connectivity index (χ3n) is 12.6. The number of aromatic amines is 4. The summed E-state index contributed by atoms with van der Waals surface area (Å²) in [5.41, 5.74) is 9.05. The Kier molecular flexibility index (Phi) is 9.27. The number of nitrogens with one attached hydrogen (secondary N) is 6. The smallest absolute Gasteiger partial charge is 0.291 e. The fraction of sp³-hybridized carbons (Fsp3) is 0.167. The lowest BCUT2D eigenvalue weighted by Gasteiger charge is -2.17. The molecule has 2 aliphatic rings. The Hall–Kier alpha value is -7.62. The number of hydrogen-bond acceptors (Lipinski definition) is 7. The van der Waals surface area contributed by atoms with Crippen LogP contribution in [0.4, 0.5) is 22.7 Å². The number of amides is 4. The van der Waals surface area contributed by atoms with E-state index in [2.05, 4.69) is 30.6 Å². The van der Waals surface area contributed by atoms with E-state index in [1.807, 2.05) is 26.2 Å². The summed E-state index contributed by atoms with van der Waals surface area (Å²) >= 11 is 12.8. The fourth-order valence-electron chi connectivity index (χ4n) is 9.60. The molecule has 5 aromatic heterocycles. The molecular formula is C48H38Cl2N8O7. The Bertz CT molecular complexity index is 3280. The minimum Gasteiger partial charge on any atom is -0.506 e. The summed E-state index contributed by atoms with van der Waals surface area (Å²) in [5, 5.41) is 30.3. The van der Waals surface area contributed by atoms with Crippen LogP contribution < -0.4 is 20.4 Å². The molecule has 9 aromatic rings. The summed E-state index contributed by atoms with van der Waals surface area (Å²) in [6, 6.07) is 19.7. The molecule has 7 heterocycles. The van der Waals surface area contributed by atoms with E-state index in [1.54, 1.807) is 70.5 Å². The molecule has 2 aliphatic heterocycles. The van der Waals surface area contributed by atoms with Crippen molar-refractivity contribution in [1.29, 1.82) is 0 Å². The van der Waals surface area contributed by atoms with E-state index in [-0.39, 0.29) is 46.7 Å². The number of benzene rings is 4. The zero-order chi connectivity index (χ0) is 45.0. The molecule has 65 heavy (non-hydrogen) atoms. The van der Waals surface area contributed by atoms with E-state index in [9.17, 15) is 29.4 Å². The summed E-state index contributed by atoms with van der Waals surface area (Å²) in [5.74, 6) is -1.51. The number of furan rings is 1. The number of alkyl halides is 2. The number of aromatic nitrogens is 4. The van der Waals surface area contributed by atoms with Crippen LogP contribution in [0, 0.1) is 13.8 Å². The van der Waals surface area contributed by atoms with Crippen LogP contribution in [-0.2, 0) is 0 Å².